The van der Waals surface area contributed by atoms with Crippen LogP contribution in [0.15, 0.2) is 30.3 Å². The van der Waals surface area contributed by atoms with Crippen LogP contribution in [0.25, 0.3) is 0 Å². The molecular formula is C27H43N5O8. The summed E-state index contributed by atoms with van der Waals surface area (Å²) in [5.74, 6) is 2.12. The molecule has 13 heteroatoms. The van der Waals surface area contributed by atoms with E-state index >= 15 is 0 Å². The molecule has 13 nitrogen and oxygen atoms in total. The molecule has 1 rings (SSSR count). The van der Waals surface area contributed by atoms with Crippen molar-refractivity contribution in [1.82, 2.24) is 21.4 Å². The first-order valence-corrected chi connectivity index (χ1v) is 13.1. The molecule has 4 atom stereocenters. The zero-order chi connectivity index (χ0) is 30.5. The number of aliphatic hydroxyl groups excluding tert-OH is 1. The van der Waals surface area contributed by atoms with Crippen molar-refractivity contribution in [2.24, 2.45) is 11.8 Å². The largest absolute Gasteiger partial charge is 0.460 e. The van der Waals surface area contributed by atoms with Crippen molar-refractivity contribution in [3.63, 3.8) is 0 Å². The van der Waals surface area contributed by atoms with Gasteiger partial charge in [-0.1, -0.05) is 44.2 Å². The van der Waals surface area contributed by atoms with Crippen LogP contribution in [0.2, 0.25) is 0 Å². The third-order valence-corrected chi connectivity index (χ3v) is 5.42. The zero-order valence-electron chi connectivity index (χ0n) is 24.0. The molecule has 7 N–H and O–H groups in total. The first-order valence-electron chi connectivity index (χ1n) is 13.1. The van der Waals surface area contributed by atoms with Crippen LogP contribution >= 0.6 is 0 Å². The SMILES string of the molecule is CC(C)C[C@H](NC(=O)OCc1ccccc1)C(=O)N[C@@H](CCC(=O)OC(C)(C)C)C(=O)N[C@H](C(=O)NN)[C@@H](C)O. The van der Waals surface area contributed by atoms with Gasteiger partial charge in [-0.05, 0) is 52.0 Å². The number of carbonyl (C=O) groups excluding carboxylic acids is 5. The summed E-state index contributed by atoms with van der Waals surface area (Å²) in [4.78, 5) is 63.2. The van der Waals surface area contributed by atoms with Gasteiger partial charge in [0, 0.05) is 6.42 Å². The molecule has 0 radical (unpaired) electrons. The van der Waals surface area contributed by atoms with E-state index in [1.807, 2.05) is 25.3 Å². The highest BCUT2D eigenvalue weighted by Crippen LogP contribution is 2.12. The Hall–Kier alpha value is -3.71. The highest BCUT2D eigenvalue weighted by Gasteiger charge is 2.32. The number of alkyl carbamates (subject to hydrolysis) is 1. The van der Waals surface area contributed by atoms with Crippen LogP contribution in [0.4, 0.5) is 4.79 Å². The number of aliphatic hydroxyl groups is 1. The standard InChI is InChI=1S/C27H43N5O8/c1-16(2)14-20(30-26(38)39-15-18-10-8-7-9-11-18)24(36)29-19(12-13-21(34)40-27(4,5)6)23(35)31-22(17(3)33)25(37)32-28/h7-11,16-17,19-20,22,33H,12-15,28H2,1-6H3,(H,29,36)(H,30,38)(H,31,35)(H,32,37)/t17-,19+,20+,22+/m1/s1. The number of hydrazine groups is 1. The van der Waals surface area contributed by atoms with Crippen molar-refractivity contribution in [1.29, 1.82) is 0 Å². The Bertz CT molecular complexity index is 994. The van der Waals surface area contributed by atoms with E-state index in [0.717, 1.165) is 5.56 Å². The van der Waals surface area contributed by atoms with Crippen molar-refractivity contribution in [2.45, 2.75) is 97.2 Å². The Kier molecular flexibility index (Phi) is 14.1. The summed E-state index contributed by atoms with van der Waals surface area (Å²) in [5, 5.41) is 17.4. The van der Waals surface area contributed by atoms with E-state index in [1.54, 1.807) is 45.0 Å². The monoisotopic (exact) mass is 565 g/mol. The summed E-state index contributed by atoms with van der Waals surface area (Å²) in [6.07, 6.45) is -2.34. The lowest BCUT2D eigenvalue weighted by Gasteiger charge is -2.26. The number of rotatable bonds is 14. The third-order valence-electron chi connectivity index (χ3n) is 5.42. The van der Waals surface area contributed by atoms with Crippen LogP contribution in [0.3, 0.4) is 0 Å². The maximum Gasteiger partial charge on any atom is 0.408 e. The molecule has 0 saturated carbocycles. The zero-order valence-corrected chi connectivity index (χ0v) is 24.0. The summed E-state index contributed by atoms with van der Waals surface area (Å²) in [7, 11) is 0. The van der Waals surface area contributed by atoms with E-state index in [1.165, 1.54) is 6.92 Å². The fraction of sp³-hybridized carbons (Fsp3) is 0.593. The van der Waals surface area contributed by atoms with Gasteiger partial charge in [0.15, 0.2) is 0 Å². The average Bonchev–Trinajstić information content (AvgIpc) is 2.86. The van der Waals surface area contributed by atoms with Crippen molar-refractivity contribution < 1.29 is 38.6 Å². The maximum absolute atomic E-state index is 13.3. The minimum absolute atomic E-state index is 0.00640. The number of nitrogens with one attached hydrogen (secondary N) is 4. The van der Waals surface area contributed by atoms with Crippen molar-refractivity contribution >= 4 is 29.8 Å². The Morgan fingerprint density at radius 1 is 0.900 bits per heavy atom. The average molecular weight is 566 g/mol. The lowest BCUT2D eigenvalue weighted by molar-refractivity contribution is -0.155. The first-order chi connectivity index (χ1) is 18.6. The molecule has 0 aliphatic carbocycles. The molecule has 0 spiro atoms. The van der Waals surface area contributed by atoms with Crippen molar-refractivity contribution in [3.8, 4) is 0 Å². The number of benzene rings is 1. The van der Waals surface area contributed by atoms with Gasteiger partial charge in [-0.2, -0.15) is 0 Å². The van der Waals surface area contributed by atoms with E-state index in [-0.39, 0.29) is 31.8 Å². The minimum Gasteiger partial charge on any atom is -0.460 e. The van der Waals surface area contributed by atoms with E-state index in [4.69, 9.17) is 15.3 Å². The van der Waals surface area contributed by atoms with Gasteiger partial charge in [0.05, 0.1) is 6.10 Å². The van der Waals surface area contributed by atoms with E-state index in [0.29, 0.717) is 0 Å². The van der Waals surface area contributed by atoms with E-state index < -0.39 is 59.6 Å². The third kappa shape index (κ3) is 13.4. The van der Waals surface area contributed by atoms with E-state index in [2.05, 4.69) is 16.0 Å². The second-order valence-corrected chi connectivity index (χ2v) is 10.8. The van der Waals surface area contributed by atoms with Crippen LogP contribution in [0.5, 0.6) is 0 Å². The van der Waals surface area contributed by atoms with Gasteiger partial charge in [-0.3, -0.25) is 24.6 Å². The number of ether oxygens (including phenoxy) is 2. The number of amides is 4. The van der Waals surface area contributed by atoms with Crippen LogP contribution < -0.4 is 27.2 Å². The molecule has 0 aliphatic rings. The Morgan fingerprint density at radius 3 is 2.02 bits per heavy atom. The van der Waals surface area contributed by atoms with Crippen molar-refractivity contribution in [3.05, 3.63) is 35.9 Å². The number of carbonyl (C=O) groups is 5. The molecule has 1 aromatic carbocycles. The molecule has 1 aromatic rings. The summed E-state index contributed by atoms with van der Waals surface area (Å²) < 4.78 is 10.5. The molecule has 0 aromatic heterocycles. The fourth-order valence-electron chi connectivity index (χ4n) is 3.55. The molecule has 40 heavy (non-hydrogen) atoms. The second-order valence-electron chi connectivity index (χ2n) is 10.8. The molecular weight excluding hydrogens is 522 g/mol. The Morgan fingerprint density at radius 2 is 1.50 bits per heavy atom. The molecule has 224 valence electrons. The predicted octanol–water partition coefficient (Wildman–Crippen LogP) is 0.790. The predicted molar refractivity (Wildman–Crippen MR) is 146 cm³/mol. The molecule has 0 unspecified atom stereocenters. The van der Waals surface area contributed by atoms with Crippen LogP contribution in [0, 0.1) is 5.92 Å². The topological polar surface area (TPSA) is 198 Å². The highest BCUT2D eigenvalue weighted by atomic mass is 16.6. The molecule has 0 heterocycles. The van der Waals surface area contributed by atoms with Gasteiger partial charge in [-0.25, -0.2) is 10.6 Å². The molecule has 0 bridgehead atoms. The van der Waals surface area contributed by atoms with Gasteiger partial charge >= 0.3 is 12.1 Å². The molecule has 0 aliphatic heterocycles. The number of hydrogen-bond acceptors (Lipinski definition) is 9. The normalized spacial score (nSPS) is 14.2. The maximum atomic E-state index is 13.3. The second kappa shape index (κ2) is 16.4. The Labute approximate surface area is 234 Å². The van der Waals surface area contributed by atoms with E-state index in [9.17, 15) is 29.1 Å². The molecule has 0 saturated heterocycles. The Balaban J connectivity index is 3.04. The summed E-state index contributed by atoms with van der Waals surface area (Å²) in [6.45, 7) is 10.0. The smallest absolute Gasteiger partial charge is 0.408 e. The van der Waals surface area contributed by atoms with Gasteiger partial charge in [0.2, 0.25) is 11.8 Å². The quantitative estimate of drug-likeness (QED) is 0.0817. The minimum atomic E-state index is -1.42. The van der Waals surface area contributed by atoms with Crippen LogP contribution in [-0.4, -0.2) is 64.7 Å². The lowest BCUT2D eigenvalue weighted by Crippen LogP contribution is -2.59. The van der Waals surface area contributed by atoms with Gasteiger partial charge in [-0.15, -0.1) is 0 Å². The number of esters is 1. The van der Waals surface area contributed by atoms with Crippen LogP contribution in [-0.2, 0) is 35.3 Å². The molecule has 0 fully saturated rings. The highest BCUT2D eigenvalue weighted by molar-refractivity contribution is 5.94. The summed E-state index contributed by atoms with van der Waals surface area (Å²) in [5.41, 5.74) is 1.85. The first kappa shape index (κ1) is 34.3. The van der Waals surface area contributed by atoms with Gasteiger partial charge < -0.3 is 30.5 Å². The number of hydrogen-bond donors (Lipinski definition) is 6. The van der Waals surface area contributed by atoms with Gasteiger partial charge in [0.25, 0.3) is 5.91 Å². The summed E-state index contributed by atoms with van der Waals surface area (Å²) >= 11 is 0. The van der Waals surface area contributed by atoms with Crippen molar-refractivity contribution in [2.75, 3.05) is 0 Å². The fourth-order valence-corrected chi connectivity index (χ4v) is 3.55. The van der Waals surface area contributed by atoms with Gasteiger partial charge in [0.1, 0.15) is 30.3 Å². The lowest BCUT2D eigenvalue weighted by atomic mass is 10.0. The summed E-state index contributed by atoms with van der Waals surface area (Å²) in [6, 6.07) is 5.18. The van der Waals surface area contributed by atoms with Crippen LogP contribution in [0.1, 0.15) is 66.4 Å². The molecule has 4 amide bonds. The number of nitrogens with two attached hydrogens (primary N) is 1.